The van der Waals surface area contributed by atoms with E-state index in [4.69, 9.17) is 18.9 Å². The lowest BCUT2D eigenvalue weighted by Gasteiger charge is -2.18. The van der Waals surface area contributed by atoms with Crippen molar-refractivity contribution in [2.75, 3.05) is 13.2 Å². The van der Waals surface area contributed by atoms with E-state index in [1.807, 2.05) is 0 Å². The van der Waals surface area contributed by atoms with E-state index in [2.05, 4.69) is 20.8 Å². The number of carbonyl (C=O) groups excluding carboxylic acids is 3. The summed E-state index contributed by atoms with van der Waals surface area (Å²) in [6.45, 7) is 6.56. The van der Waals surface area contributed by atoms with Crippen molar-refractivity contribution in [3.63, 3.8) is 0 Å². The van der Waals surface area contributed by atoms with Crippen molar-refractivity contribution in [1.29, 1.82) is 0 Å². The Labute approximate surface area is 320 Å². The molecule has 0 fully saturated rings. The number of allylic oxidation sites excluding steroid dienone is 2. The molecule has 304 valence electrons. The number of hydrogen-bond acceptors (Lipinski definition) is 7. The second-order valence-corrected chi connectivity index (χ2v) is 15.4. The van der Waals surface area contributed by atoms with Crippen molar-refractivity contribution in [2.45, 2.75) is 245 Å². The first-order valence-electron chi connectivity index (χ1n) is 22.4. The second-order valence-electron chi connectivity index (χ2n) is 15.4. The highest BCUT2D eigenvalue weighted by Gasteiger charge is 2.23. The molecule has 52 heavy (non-hydrogen) atoms. The first kappa shape index (κ1) is 48.0. The van der Waals surface area contributed by atoms with Crippen LogP contribution in [0, 0.1) is 0 Å². The summed E-state index contributed by atoms with van der Waals surface area (Å²) in [5.74, 6) is 1.56. The number of carbonyl (C=O) groups is 3. The summed E-state index contributed by atoms with van der Waals surface area (Å²) in [5, 5.41) is 0. The Bertz CT molecular complexity index is 898. The lowest BCUT2D eigenvalue weighted by atomic mass is 10.1. The number of esters is 3. The van der Waals surface area contributed by atoms with Gasteiger partial charge in [0.05, 0.1) is 0 Å². The van der Waals surface area contributed by atoms with Gasteiger partial charge in [-0.05, 0) is 32.1 Å². The first-order valence-corrected chi connectivity index (χ1v) is 22.4. The minimum atomic E-state index is -0.771. The van der Waals surface area contributed by atoms with Crippen LogP contribution >= 0.6 is 0 Å². The molecule has 0 amide bonds. The predicted molar refractivity (Wildman–Crippen MR) is 214 cm³/mol. The summed E-state index contributed by atoms with van der Waals surface area (Å²) in [6, 6.07) is 0. The average Bonchev–Trinajstić information content (AvgIpc) is 3.90. The topological polar surface area (TPSA) is 91.4 Å². The Balaban J connectivity index is 2.26. The van der Waals surface area contributed by atoms with Gasteiger partial charge in [-0.1, -0.05) is 175 Å². The van der Waals surface area contributed by atoms with Crippen molar-refractivity contribution >= 4 is 17.9 Å². The van der Waals surface area contributed by atoms with E-state index in [9.17, 15) is 14.4 Å². The maximum atomic E-state index is 12.6. The Morgan fingerprint density at radius 1 is 0.404 bits per heavy atom. The van der Waals surface area contributed by atoms with Crippen LogP contribution in [0.25, 0.3) is 0 Å². The Morgan fingerprint density at radius 3 is 1.04 bits per heavy atom. The highest BCUT2D eigenvalue weighted by Crippen LogP contribution is 2.35. The molecule has 1 atom stereocenters. The molecule has 0 aromatic heterocycles. The van der Waals surface area contributed by atoms with Crippen LogP contribution in [0.1, 0.15) is 239 Å². The van der Waals surface area contributed by atoms with Crippen LogP contribution in [0.5, 0.6) is 0 Å². The van der Waals surface area contributed by atoms with E-state index in [-0.39, 0.29) is 31.1 Å². The summed E-state index contributed by atoms with van der Waals surface area (Å²) >= 11 is 0. The van der Waals surface area contributed by atoms with Gasteiger partial charge in [-0.3, -0.25) is 14.4 Å². The third kappa shape index (κ3) is 31.5. The molecule has 0 bridgehead atoms. The molecule has 0 saturated heterocycles. The molecule has 0 saturated carbocycles. The third-order valence-electron chi connectivity index (χ3n) is 10.2. The zero-order valence-electron chi connectivity index (χ0n) is 34.4. The summed E-state index contributed by atoms with van der Waals surface area (Å²) in [6.07, 6.45) is 36.6. The highest BCUT2D eigenvalue weighted by atomic mass is 16.6. The van der Waals surface area contributed by atoms with Crippen LogP contribution in [0.3, 0.4) is 0 Å². The fraction of sp³-hybridized carbons (Fsp3) is 0.889. The van der Waals surface area contributed by atoms with Gasteiger partial charge in [0.25, 0.3) is 0 Å². The van der Waals surface area contributed by atoms with Crippen LogP contribution in [-0.2, 0) is 33.3 Å². The predicted octanol–water partition coefficient (Wildman–Crippen LogP) is 13.5. The van der Waals surface area contributed by atoms with Crippen LogP contribution in [0.15, 0.2) is 11.5 Å². The van der Waals surface area contributed by atoms with Gasteiger partial charge >= 0.3 is 17.9 Å². The molecular weight excluding hydrogens is 652 g/mol. The fourth-order valence-corrected chi connectivity index (χ4v) is 6.69. The smallest absolute Gasteiger partial charge is 0.306 e. The Kier molecular flexibility index (Phi) is 33.2. The monoisotopic (exact) mass is 735 g/mol. The van der Waals surface area contributed by atoms with Gasteiger partial charge < -0.3 is 18.9 Å². The van der Waals surface area contributed by atoms with E-state index < -0.39 is 6.10 Å². The van der Waals surface area contributed by atoms with Gasteiger partial charge in [-0.15, -0.1) is 0 Å². The van der Waals surface area contributed by atoms with Crippen molar-refractivity contribution in [2.24, 2.45) is 0 Å². The highest BCUT2D eigenvalue weighted by molar-refractivity contribution is 5.71. The molecule has 7 nitrogen and oxygen atoms in total. The molecule has 1 heterocycles. The molecule has 1 rings (SSSR count). The fourth-order valence-electron chi connectivity index (χ4n) is 6.69. The van der Waals surface area contributed by atoms with E-state index in [0.717, 1.165) is 83.5 Å². The SMILES string of the molecule is CCCCCCCCCCCC(=O)OCC(COC(=O)CCCCCCCC1=C(CCCCCCCC)O1)OC(=O)CCCCCCCCCCC. The van der Waals surface area contributed by atoms with Crippen molar-refractivity contribution in [1.82, 2.24) is 0 Å². The lowest BCUT2D eigenvalue weighted by molar-refractivity contribution is -0.167. The van der Waals surface area contributed by atoms with Gasteiger partial charge in [0.15, 0.2) is 6.10 Å². The summed E-state index contributed by atoms with van der Waals surface area (Å²) in [4.78, 5) is 37.6. The molecule has 1 unspecified atom stereocenters. The number of hydrogen-bond donors (Lipinski definition) is 0. The second kappa shape index (κ2) is 36.0. The summed E-state index contributed by atoms with van der Waals surface area (Å²) in [5.41, 5.74) is 0. The Hall–Kier alpha value is -2.05. The van der Waals surface area contributed by atoms with Gasteiger partial charge in [0, 0.05) is 32.1 Å². The maximum Gasteiger partial charge on any atom is 0.306 e. The minimum Gasteiger partial charge on any atom is -0.462 e. The molecule has 1 aliphatic heterocycles. The van der Waals surface area contributed by atoms with Gasteiger partial charge in [0.2, 0.25) is 0 Å². The number of ether oxygens (including phenoxy) is 4. The molecule has 0 N–H and O–H groups in total. The van der Waals surface area contributed by atoms with E-state index in [0.29, 0.717) is 19.3 Å². The van der Waals surface area contributed by atoms with Crippen LogP contribution in [0.4, 0.5) is 0 Å². The van der Waals surface area contributed by atoms with Crippen LogP contribution in [-0.4, -0.2) is 37.2 Å². The standard InChI is InChI=1S/C45H82O7/c1-4-7-10-13-16-18-20-25-30-35-43(46)49-38-40(51-45(48)37-32-26-21-19-17-14-11-8-5-2)39-50-44(47)36-31-27-22-24-29-34-42-41(52-42)33-28-23-15-12-9-6-3/h40H,4-39H2,1-3H3. The van der Waals surface area contributed by atoms with Crippen molar-refractivity contribution in [3.05, 3.63) is 11.5 Å². The van der Waals surface area contributed by atoms with Crippen molar-refractivity contribution < 1.29 is 33.3 Å². The molecule has 0 spiro atoms. The first-order chi connectivity index (χ1) is 25.5. The molecule has 1 aliphatic rings. The molecule has 0 aromatic rings. The zero-order valence-corrected chi connectivity index (χ0v) is 34.4. The largest absolute Gasteiger partial charge is 0.462 e. The van der Waals surface area contributed by atoms with Gasteiger partial charge in [-0.2, -0.15) is 0 Å². The van der Waals surface area contributed by atoms with Gasteiger partial charge in [-0.25, -0.2) is 0 Å². The van der Waals surface area contributed by atoms with E-state index in [1.165, 1.54) is 127 Å². The molecule has 0 aromatic carbocycles. The number of rotatable bonds is 40. The van der Waals surface area contributed by atoms with E-state index in [1.54, 1.807) is 0 Å². The Morgan fingerprint density at radius 2 is 0.692 bits per heavy atom. The van der Waals surface area contributed by atoms with Crippen LogP contribution < -0.4 is 0 Å². The van der Waals surface area contributed by atoms with Gasteiger partial charge in [0.1, 0.15) is 24.7 Å². The molecular formula is C45H82O7. The molecule has 7 heteroatoms. The zero-order chi connectivity index (χ0) is 37.7. The van der Waals surface area contributed by atoms with Crippen molar-refractivity contribution in [3.8, 4) is 0 Å². The van der Waals surface area contributed by atoms with Crippen LogP contribution in [0.2, 0.25) is 0 Å². The maximum absolute atomic E-state index is 12.6. The average molecular weight is 735 g/mol. The quantitative estimate of drug-likeness (QED) is 0.0351. The third-order valence-corrected chi connectivity index (χ3v) is 10.2. The summed E-state index contributed by atoms with van der Waals surface area (Å²) < 4.78 is 22.4. The summed E-state index contributed by atoms with van der Waals surface area (Å²) in [7, 11) is 0. The van der Waals surface area contributed by atoms with E-state index >= 15 is 0 Å². The lowest BCUT2D eigenvalue weighted by Crippen LogP contribution is -2.30. The number of unbranched alkanes of at least 4 members (excludes halogenated alkanes) is 25. The molecule has 0 radical (unpaired) electrons. The normalized spacial score (nSPS) is 12.8. The molecule has 0 aliphatic carbocycles. The minimum absolute atomic E-state index is 0.0755.